The second kappa shape index (κ2) is 5.33. The summed E-state index contributed by atoms with van der Waals surface area (Å²) < 4.78 is 31.7. The number of benzene rings is 1. The fourth-order valence-corrected chi connectivity index (χ4v) is 1.90. The van der Waals surface area contributed by atoms with E-state index in [1.165, 1.54) is 18.6 Å². The van der Waals surface area contributed by atoms with Gasteiger partial charge in [0.15, 0.2) is 11.6 Å². The van der Waals surface area contributed by atoms with Crippen molar-refractivity contribution in [1.82, 2.24) is 0 Å². The Labute approximate surface area is 104 Å². The number of esters is 1. The molecule has 1 aromatic carbocycles. The molecule has 0 aliphatic heterocycles. The summed E-state index contributed by atoms with van der Waals surface area (Å²) in [4.78, 5) is 11.2. The number of nitrogens with one attached hydrogen (secondary N) is 1. The van der Waals surface area contributed by atoms with Crippen molar-refractivity contribution in [1.29, 1.82) is 0 Å². The molecule has 0 radical (unpaired) electrons. The quantitative estimate of drug-likeness (QED) is 0.840. The highest BCUT2D eigenvalue weighted by Gasteiger charge is 2.21. The second-order valence-electron chi connectivity index (χ2n) is 4.46. The van der Waals surface area contributed by atoms with E-state index in [0.29, 0.717) is 12.5 Å². The lowest BCUT2D eigenvalue weighted by Gasteiger charge is -2.26. The van der Waals surface area contributed by atoms with E-state index in [9.17, 15) is 13.6 Å². The van der Waals surface area contributed by atoms with Crippen molar-refractivity contribution in [2.24, 2.45) is 5.92 Å². The first-order valence-corrected chi connectivity index (χ1v) is 5.93. The molecular weight excluding hydrogens is 240 g/mol. The first-order valence-electron chi connectivity index (χ1n) is 5.93. The molecule has 1 aliphatic carbocycles. The van der Waals surface area contributed by atoms with E-state index in [1.807, 2.05) is 0 Å². The summed E-state index contributed by atoms with van der Waals surface area (Å²) in [5.74, 6) is -2.54. The molecule has 98 valence electrons. The van der Waals surface area contributed by atoms with Gasteiger partial charge in [0.05, 0.1) is 18.4 Å². The summed E-state index contributed by atoms with van der Waals surface area (Å²) >= 11 is 0. The molecule has 0 saturated heterocycles. The van der Waals surface area contributed by atoms with Crippen molar-refractivity contribution in [2.45, 2.75) is 19.3 Å². The first-order chi connectivity index (χ1) is 8.63. The molecule has 0 spiro atoms. The maximum Gasteiger partial charge on any atom is 0.340 e. The first kappa shape index (κ1) is 12.8. The number of halogens is 2. The van der Waals surface area contributed by atoms with Crippen LogP contribution in [0.5, 0.6) is 0 Å². The smallest absolute Gasteiger partial charge is 0.340 e. The molecule has 0 unspecified atom stereocenters. The van der Waals surface area contributed by atoms with Crippen molar-refractivity contribution < 1.29 is 18.3 Å². The van der Waals surface area contributed by atoms with E-state index >= 15 is 0 Å². The molecule has 1 saturated carbocycles. The molecule has 3 nitrogen and oxygen atoms in total. The van der Waals surface area contributed by atoms with Crippen LogP contribution in [-0.4, -0.2) is 19.6 Å². The van der Waals surface area contributed by atoms with E-state index < -0.39 is 17.6 Å². The summed E-state index contributed by atoms with van der Waals surface area (Å²) in [6.45, 7) is 0.633. The third kappa shape index (κ3) is 2.44. The van der Waals surface area contributed by atoms with Gasteiger partial charge in [-0.3, -0.25) is 0 Å². The Morgan fingerprint density at radius 1 is 1.39 bits per heavy atom. The van der Waals surface area contributed by atoms with Crippen molar-refractivity contribution in [2.75, 3.05) is 19.0 Å². The van der Waals surface area contributed by atoms with Crippen molar-refractivity contribution in [3.8, 4) is 0 Å². The third-order valence-corrected chi connectivity index (χ3v) is 3.29. The van der Waals surface area contributed by atoms with Gasteiger partial charge < -0.3 is 10.1 Å². The average molecular weight is 255 g/mol. The molecule has 18 heavy (non-hydrogen) atoms. The Kier molecular flexibility index (Phi) is 3.79. The van der Waals surface area contributed by atoms with Gasteiger partial charge in [-0.05, 0) is 30.9 Å². The molecule has 0 bridgehead atoms. The summed E-state index contributed by atoms with van der Waals surface area (Å²) in [6, 6.07) is 2.59. The van der Waals surface area contributed by atoms with Gasteiger partial charge in [0.25, 0.3) is 0 Å². The molecular formula is C13H15F2NO2. The van der Waals surface area contributed by atoms with Crippen LogP contribution in [0.3, 0.4) is 0 Å². The van der Waals surface area contributed by atoms with Gasteiger partial charge in [-0.2, -0.15) is 0 Å². The molecule has 1 N–H and O–H groups in total. The van der Waals surface area contributed by atoms with Crippen molar-refractivity contribution in [3.63, 3.8) is 0 Å². The van der Waals surface area contributed by atoms with Gasteiger partial charge in [0.1, 0.15) is 0 Å². The number of hydrogen-bond donors (Lipinski definition) is 1. The molecule has 0 amide bonds. The van der Waals surface area contributed by atoms with Crippen LogP contribution in [0, 0.1) is 17.6 Å². The summed E-state index contributed by atoms with van der Waals surface area (Å²) in [7, 11) is 1.13. The summed E-state index contributed by atoms with van der Waals surface area (Å²) in [6.07, 6.45) is 3.44. The number of carbonyl (C=O) groups is 1. The van der Waals surface area contributed by atoms with Crippen LogP contribution in [0.1, 0.15) is 29.6 Å². The van der Waals surface area contributed by atoms with Crippen LogP contribution in [0.4, 0.5) is 14.5 Å². The number of anilines is 1. The van der Waals surface area contributed by atoms with Gasteiger partial charge in [0, 0.05) is 6.54 Å². The zero-order valence-corrected chi connectivity index (χ0v) is 10.1. The average Bonchev–Trinajstić information content (AvgIpc) is 2.31. The standard InChI is InChI=1S/C13H15F2NO2/c1-18-13(17)9-5-6-10(12(15)11(9)14)16-7-8-3-2-4-8/h5-6,8,16H,2-4,7H2,1H3. The molecule has 1 aliphatic rings. The molecule has 5 heteroatoms. The minimum absolute atomic E-state index is 0.0899. The fraction of sp³-hybridized carbons (Fsp3) is 0.462. The van der Waals surface area contributed by atoms with E-state index in [-0.39, 0.29) is 11.3 Å². The topological polar surface area (TPSA) is 38.3 Å². The second-order valence-corrected chi connectivity index (χ2v) is 4.46. The van der Waals surface area contributed by atoms with E-state index in [4.69, 9.17) is 0 Å². The van der Waals surface area contributed by atoms with Crippen molar-refractivity contribution in [3.05, 3.63) is 29.3 Å². The van der Waals surface area contributed by atoms with E-state index in [2.05, 4.69) is 10.1 Å². The molecule has 1 aromatic rings. The number of ether oxygens (including phenoxy) is 1. The van der Waals surface area contributed by atoms with E-state index in [0.717, 1.165) is 20.0 Å². The predicted molar refractivity (Wildman–Crippen MR) is 63.5 cm³/mol. The zero-order valence-electron chi connectivity index (χ0n) is 10.1. The molecule has 0 atom stereocenters. The van der Waals surface area contributed by atoms with Gasteiger partial charge in [-0.15, -0.1) is 0 Å². The minimum atomic E-state index is -1.17. The zero-order chi connectivity index (χ0) is 13.1. The maximum atomic E-state index is 13.7. The van der Waals surface area contributed by atoms with Crippen LogP contribution in [0.25, 0.3) is 0 Å². The monoisotopic (exact) mass is 255 g/mol. The lowest BCUT2D eigenvalue weighted by molar-refractivity contribution is 0.0594. The number of methoxy groups -OCH3 is 1. The minimum Gasteiger partial charge on any atom is -0.465 e. The maximum absolute atomic E-state index is 13.7. The predicted octanol–water partition coefficient (Wildman–Crippen LogP) is 2.96. The van der Waals surface area contributed by atoms with Gasteiger partial charge in [-0.25, -0.2) is 13.6 Å². The van der Waals surface area contributed by atoms with Crippen LogP contribution in [0.15, 0.2) is 12.1 Å². The Bertz CT molecular complexity index is 459. The highest BCUT2D eigenvalue weighted by molar-refractivity contribution is 5.90. The Morgan fingerprint density at radius 2 is 2.11 bits per heavy atom. The van der Waals surface area contributed by atoms with Crippen LogP contribution in [0.2, 0.25) is 0 Å². The fourth-order valence-electron chi connectivity index (χ4n) is 1.90. The molecule has 0 heterocycles. The largest absolute Gasteiger partial charge is 0.465 e. The summed E-state index contributed by atoms with van der Waals surface area (Å²) in [5, 5.41) is 2.87. The summed E-state index contributed by atoms with van der Waals surface area (Å²) in [5.41, 5.74) is -0.295. The molecule has 2 rings (SSSR count). The van der Waals surface area contributed by atoms with Gasteiger partial charge in [-0.1, -0.05) is 6.42 Å². The lowest BCUT2D eigenvalue weighted by atomic mass is 9.85. The number of rotatable bonds is 4. The van der Waals surface area contributed by atoms with Crippen LogP contribution < -0.4 is 5.32 Å². The van der Waals surface area contributed by atoms with Crippen LogP contribution >= 0.6 is 0 Å². The number of carbonyl (C=O) groups excluding carboxylic acids is 1. The molecule has 1 fully saturated rings. The van der Waals surface area contributed by atoms with Crippen molar-refractivity contribution >= 4 is 11.7 Å². The Balaban J connectivity index is 2.12. The molecule has 0 aromatic heterocycles. The van der Waals surface area contributed by atoms with Crippen LogP contribution in [-0.2, 0) is 4.74 Å². The SMILES string of the molecule is COC(=O)c1ccc(NCC2CCC2)c(F)c1F. The highest BCUT2D eigenvalue weighted by atomic mass is 19.2. The Hall–Kier alpha value is -1.65. The van der Waals surface area contributed by atoms with Gasteiger partial charge in [0.2, 0.25) is 0 Å². The highest BCUT2D eigenvalue weighted by Crippen LogP contribution is 2.27. The van der Waals surface area contributed by atoms with Gasteiger partial charge >= 0.3 is 5.97 Å². The number of hydrogen-bond acceptors (Lipinski definition) is 3. The normalized spacial score (nSPS) is 15.1. The van der Waals surface area contributed by atoms with E-state index in [1.54, 1.807) is 0 Å². The Morgan fingerprint density at radius 3 is 2.67 bits per heavy atom. The third-order valence-electron chi connectivity index (χ3n) is 3.29. The lowest BCUT2D eigenvalue weighted by Crippen LogP contribution is -2.21.